The molecule has 0 aromatic heterocycles. The van der Waals surface area contributed by atoms with Gasteiger partial charge in [0.15, 0.2) is 0 Å². The first kappa shape index (κ1) is 13.8. The van der Waals surface area contributed by atoms with E-state index in [2.05, 4.69) is 17.1 Å². The molecule has 2 aliphatic heterocycles. The van der Waals surface area contributed by atoms with Crippen LogP contribution in [0.15, 0.2) is 0 Å². The largest absolute Gasteiger partial charge is 0.378 e. The molecule has 0 radical (unpaired) electrons. The fourth-order valence-corrected chi connectivity index (χ4v) is 3.60. The van der Waals surface area contributed by atoms with Gasteiger partial charge in [0.05, 0.1) is 6.10 Å². The third-order valence-corrected chi connectivity index (χ3v) is 5.23. The minimum atomic E-state index is 0.518. The lowest BCUT2D eigenvalue weighted by Crippen LogP contribution is -2.49. The molecule has 1 saturated carbocycles. The first-order chi connectivity index (χ1) is 9.35. The van der Waals surface area contributed by atoms with Gasteiger partial charge in [0, 0.05) is 18.7 Å². The van der Waals surface area contributed by atoms with E-state index in [-0.39, 0.29) is 0 Å². The van der Waals surface area contributed by atoms with Crippen molar-refractivity contribution in [1.29, 1.82) is 0 Å². The number of hydrogen-bond donors (Lipinski definition) is 1. The number of likely N-dealkylation sites (tertiary alicyclic amines) is 1. The van der Waals surface area contributed by atoms with Gasteiger partial charge in [-0.05, 0) is 70.5 Å². The molecule has 3 nitrogen and oxygen atoms in total. The molecule has 2 atom stereocenters. The number of nitrogens with one attached hydrogen (secondary N) is 1. The van der Waals surface area contributed by atoms with Crippen LogP contribution < -0.4 is 5.32 Å². The molecule has 2 saturated heterocycles. The highest BCUT2D eigenvalue weighted by Gasteiger charge is 2.30. The van der Waals surface area contributed by atoms with E-state index >= 15 is 0 Å². The van der Waals surface area contributed by atoms with Crippen molar-refractivity contribution in [2.24, 2.45) is 5.92 Å². The van der Waals surface area contributed by atoms with Gasteiger partial charge in [0.1, 0.15) is 0 Å². The molecular weight excluding hydrogens is 236 g/mol. The summed E-state index contributed by atoms with van der Waals surface area (Å²) in [6.45, 7) is 7.09. The zero-order valence-electron chi connectivity index (χ0n) is 12.4. The van der Waals surface area contributed by atoms with Gasteiger partial charge in [-0.3, -0.25) is 0 Å². The van der Waals surface area contributed by atoms with Crippen molar-refractivity contribution < 1.29 is 4.74 Å². The van der Waals surface area contributed by atoms with Crippen LogP contribution in [-0.4, -0.2) is 49.3 Å². The van der Waals surface area contributed by atoms with Gasteiger partial charge < -0.3 is 15.0 Å². The maximum absolute atomic E-state index is 5.80. The van der Waals surface area contributed by atoms with Crippen LogP contribution >= 0.6 is 0 Å². The summed E-state index contributed by atoms with van der Waals surface area (Å²) >= 11 is 0. The molecule has 1 aliphatic carbocycles. The van der Waals surface area contributed by atoms with E-state index in [1.807, 2.05) is 0 Å². The SMILES string of the molecule is CCC1CC(N2CCC(NCC3CC3)CC2)CCO1. The summed E-state index contributed by atoms with van der Waals surface area (Å²) in [5.74, 6) is 1.01. The smallest absolute Gasteiger partial charge is 0.0587 e. The molecule has 2 unspecified atom stereocenters. The first-order valence-electron chi connectivity index (χ1n) is 8.44. The van der Waals surface area contributed by atoms with E-state index in [0.717, 1.165) is 24.6 Å². The van der Waals surface area contributed by atoms with Crippen LogP contribution in [-0.2, 0) is 4.74 Å². The Labute approximate surface area is 118 Å². The Hall–Kier alpha value is -0.120. The summed E-state index contributed by atoms with van der Waals surface area (Å²) < 4.78 is 5.80. The van der Waals surface area contributed by atoms with Crippen molar-refractivity contribution >= 4 is 0 Å². The molecule has 3 fully saturated rings. The zero-order valence-corrected chi connectivity index (χ0v) is 12.4. The van der Waals surface area contributed by atoms with Crippen LogP contribution in [0.5, 0.6) is 0 Å². The highest BCUT2D eigenvalue weighted by Crippen LogP contribution is 2.28. The number of hydrogen-bond acceptors (Lipinski definition) is 3. The van der Waals surface area contributed by atoms with E-state index < -0.39 is 0 Å². The Morgan fingerprint density at radius 1 is 1.11 bits per heavy atom. The van der Waals surface area contributed by atoms with Crippen LogP contribution in [0, 0.1) is 5.92 Å². The molecule has 110 valence electrons. The van der Waals surface area contributed by atoms with E-state index in [1.54, 1.807) is 0 Å². The molecule has 0 spiro atoms. The molecule has 3 aliphatic rings. The van der Waals surface area contributed by atoms with Gasteiger partial charge in [-0.15, -0.1) is 0 Å². The van der Waals surface area contributed by atoms with E-state index in [0.29, 0.717) is 6.10 Å². The van der Waals surface area contributed by atoms with Gasteiger partial charge in [-0.1, -0.05) is 6.92 Å². The van der Waals surface area contributed by atoms with Crippen LogP contribution in [0.2, 0.25) is 0 Å². The summed E-state index contributed by atoms with van der Waals surface area (Å²) in [7, 11) is 0. The molecular formula is C16H30N2O. The summed E-state index contributed by atoms with van der Waals surface area (Å²) in [6, 6.07) is 1.58. The normalized spacial score (nSPS) is 34.6. The van der Waals surface area contributed by atoms with Crippen molar-refractivity contribution in [2.45, 2.75) is 70.1 Å². The predicted molar refractivity (Wildman–Crippen MR) is 78.4 cm³/mol. The van der Waals surface area contributed by atoms with Gasteiger partial charge in [0.2, 0.25) is 0 Å². The highest BCUT2D eigenvalue weighted by molar-refractivity contribution is 4.86. The molecule has 0 aromatic carbocycles. The van der Waals surface area contributed by atoms with Crippen LogP contribution in [0.1, 0.15) is 51.9 Å². The lowest BCUT2D eigenvalue weighted by Gasteiger charge is -2.41. The average Bonchev–Trinajstić information content (AvgIpc) is 3.30. The summed E-state index contributed by atoms with van der Waals surface area (Å²) in [4.78, 5) is 2.74. The fraction of sp³-hybridized carbons (Fsp3) is 1.00. The molecule has 3 heteroatoms. The van der Waals surface area contributed by atoms with Gasteiger partial charge in [0.25, 0.3) is 0 Å². The Morgan fingerprint density at radius 2 is 1.89 bits per heavy atom. The van der Waals surface area contributed by atoms with Crippen LogP contribution in [0.3, 0.4) is 0 Å². The number of rotatable bonds is 5. The maximum Gasteiger partial charge on any atom is 0.0587 e. The maximum atomic E-state index is 5.80. The van der Waals surface area contributed by atoms with Crippen molar-refractivity contribution in [3.63, 3.8) is 0 Å². The lowest BCUT2D eigenvalue weighted by atomic mass is 9.96. The number of ether oxygens (including phenoxy) is 1. The summed E-state index contributed by atoms with van der Waals surface area (Å²) in [6.07, 6.45) is 9.83. The molecule has 1 N–H and O–H groups in total. The second-order valence-corrected chi connectivity index (χ2v) is 6.74. The Balaban J connectivity index is 1.38. The predicted octanol–water partition coefficient (Wildman–Crippen LogP) is 2.41. The van der Waals surface area contributed by atoms with E-state index in [9.17, 15) is 0 Å². The first-order valence-corrected chi connectivity index (χ1v) is 8.44. The minimum absolute atomic E-state index is 0.518. The molecule has 3 rings (SSSR count). The zero-order chi connectivity index (χ0) is 13.1. The van der Waals surface area contributed by atoms with Gasteiger partial charge in [-0.25, -0.2) is 0 Å². The van der Waals surface area contributed by atoms with Crippen LogP contribution in [0.4, 0.5) is 0 Å². The Kier molecular flexibility index (Phi) is 4.78. The highest BCUT2D eigenvalue weighted by atomic mass is 16.5. The minimum Gasteiger partial charge on any atom is -0.378 e. The monoisotopic (exact) mass is 266 g/mol. The molecule has 19 heavy (non-hydrogen) atoms. The van der Waals surface area contributed by atoms with E-state index in [1.165, 1.54) is 64.6 Å². The van der Waals surface area contributed by atoms with Crippen molar-refractivity contribution in [3.8, 4) is 0 Å². The Bertz CT molecular complexity index is 272. The van der Waals surface area contributed by atoms with Gasteiger partial charge in [-0.2, -0.15) is 0 Å². The van der Waals surface area contributed by atoms with Crippen molar-refractivity contribution in [2.75, 3.05) is 26.2 Å². The third kappa shape index (κ3) is 3.93. The standard InChI is InChI=1S/C16H30N2O/c1-2-16-11-15(7-10-19-16)18-8-5-14(6-9-18)17-12-13-3-4-13/h13-17H,2-12H2,1H3. The molecule has 2 heterocycles. The molecule has 0 bridgehead atoms. The van der Waals surface area contributed by atoms with Crippen molar-refractivity contribution in [1.82, 2.24) is 10.2 Å². The molecule has 0 aromatic rings. The molecule has 0 amide bonds. The van der Waals surface area contributed by atoms with Crippen molar-refractivity contribution in [3.05, 3.63) is 0 Å². The fourth-order valence-electron chi connectivity index (χ4n) is 3.60. The quantitative estimate of drug-likeness (QED) is 0.827. The summed E-state index contributed by atoms with van der Waals surface area (Å²) in [5, 5.41) is 3.78. The second kappa shape index (κ2) is 6.55. The summed E-state index contributed by atoms with van der Waals surface area (Å²) in [5.41, 5.74) is 0. The second-order valence-electron chi connectivity index (χ2n) is 6.74. The van der Waals surface area contributed by atoms with Crippen LogP contribution in [0.25, 0.3) is 0 Å². The van der Waals surface area contributed by atoms with E-state index in [4.69, 9.17) is 4.74 Å². The Morgan fingerprint density at radius 3 is 2.58 bits per heavy atom. The van der Waals surface area contributed by atoms with Gasteiger partial charge >= 0.3 is 0 Å². The number of piperidine rings is 1. The average molecular weight is 266 g/mol. The lowest BCUT2D eigenvalue weighted by molar-refractivity contribution is -0.0333. The third-order valence-electron chi connectivity index (χ3n) is 5.23. The topological polar surface area (TPSA) is 24.5 Å². The number of nitrogens with zero attached hydrogens (tertiary/aromatic N) is 1.